The Labute approximate surface area is 138 Å². The van der Waals surface area contributed by atoms with Gasteiger partial charge < -0.3 is 10.6 Å². The number of rotatable bonds is 7. The molecule has 1 amide bonds. The highest BCUT2D eigenvalue weighted by Gasteiger charge is 2.07. The van der Waals surface area contributed by atoms with Crippen molar-refractivity contribution in [1.29, 1.82) is 0 Å². The molecule has 0 saturated heterocycles. The second-order valence-electron chi connectivity index (χ2n) is 4.89. The third kappa shape index (κ3) is 5.11. The summed E-state index contributed by atoms with van der Waals surface area (Å²) in [6.07, 6.45) is 6.51. The van der Waals surface area contributed by atoms with Crippen molar-refractivity contribution in [3.8, 4) is 0 Å². The maximum absolute atomic E-state index is 12.1. The monoisotopic (exact) mass is 362 g/mol. The molecule has 0 unspecified atom stereocenters. The van der Waals surface area contributed by atoms with Crippen molar-refractivity contribution in [2.75, 3.05) is 17.2 Å². The van der Waals surface area contributed by atoms with Crippen molar-refractivity contribution in [2.24, 2.45) is 0 Å². The van der Waals surface area contributed by atoms with Crippen molar-refractivity contribution >= 4 is 33.5 Å². The van der Waals surface area contributed by atoms with Crippen molar-refractivity contribution in [2.45, 2.75) is 26.2 Å². The fourth-order valence-electron chi connectivity index (χ4n) is 1.88. The van der Waals surface area contributed by atoms with Gasteiger partial charge in [-0.15, -0.1) is 0 Å². The summed E-state index contributed by atoms with van der Waals surface area (Å²) >= 11 is 3.37. The molecule has 22 heavy (non-hydrogen) atoms. The third-order valence-corrected chi connectivity index (χ3v) is 3.55. The van der Waals surface area contributed by atoms with E-state index in [1.54, 1.807) is 0 Å². The van der Waals surface area contributed by atoms with Crippen LogP contribution in [0.3, 0.4) is 0 Å². The van der Waals surface area contributed by atoms with Gasteiger partial charge in [0.05, 0.1) is 5.56 Å². The highest BCUT2D eigenvalue weighted by Crippen LogP contribution is 2.16. The van der Waals surface area contributed by atoms with Crippen LogP contribution in [0.5, 0.6) is 0 Å². The Morgan fingerprint density at radius 3 is 2.68 bits per heavy atom. The quantitative estimate of drug-likeness (QED) is 0.727. The number of nitrogens with one attached hydrogen (secondary N) is 2. The maximum Gasteiger partial charge on any atom is 0.258 e. The lowest BCUT2D eigenvalue weighted by atomic mass is 10.2. The number of anilines is 2. The van der Waals surface area contributed by atoms with E-state index in [0.29, 0.717) is 11.5 Å². The molecule has 2 rings (SSSR count). The molecule has 6 heteroatoms. The summed E-state index contributed by atoms with van der Waals surface area (Å²) in [6.45, 7) is 3.01. The van der Waals surface area contributed by atoms with Gasteiger partial charge in [-0.1, -0.05) is 41.8 Å². The standard InChI is InChI=1S/C16H19BrN4O/c1-2-3-4-8-18-16-19-10-12(11-20-16)15(22)21-14-7-5-6-13(17)9-14/h5-7,9-11H,2-4,8H2,1H3,(H,21,22)(H,18,19,20). The molecule has 2 N–H and O–H groups in total. The lowest BCUT2D eigenvalue weighted by Gasteiger charge is -2.07. The Morgan fingerprint density at radius 2 is 2.00 bits per heavy atom. The molecule has 0 radical (unpaired) electrons. The highest BCUT2D eigenvalue weighted by atomic mass is 79.9. The zero-order valence-corrected chi connectivity index (χ0v) is 14.1. The van der Waals surface area contributed by atoms with Crippen molar-refractivity contribution in [3.05, 3.63) is 46.7 Å². The van der Waals surface area contributed by atoms with E-state index in [2.05, 4.69) is 43.5 Å². The molecule has 1 aromatic carbocycles. The molecule has 1 heterocycles. The van der Waals surface area contributed by atoms with Gasteiger partial charge in [0.25, 0.3) is 5.91 Å². The van der Waals surface area contributed by atoms with E-state index in [0.717, 1.165) is 23.1 Å². The molecule has 1 aromatic heterocycles. The molecule has 0 aliphatic heterocycles. The molecule has 0 aliphatic carbocycles. The Kier molecular flexibility index (Phi) is 6.33. The minimum absolute atomic E-state index is 0.226. The van der Waals surface area contributed by atoms with Gasteiger partial charge in [-0.2, -0.15) is 0 Å². The average Bonchev–Trinajstić information content (AvgIpc) is 2.52. The zero-order valence-electron chi connectivity index (χ0n) is 12.5. The van der Waals surface area contributed by atoms with Gasteiger partial charge in [-0.3, -0.25) is 4.79 Å². The minimum atomic E-state index is -0.226. The van der Waals surface area contributed by atoms with Crippen molar-refractivity contribution < 1.29 is 4.79 Å². The fraction of sp³-hybridized carbons (Fsp3) is 0.312. The summed E-state index contributed by atoms with van der Waals surface area (Å²) in [5.41, 5.74) is 1.15. The van der Waals surface area contributed by atoms with Gasteiger partial charge in [0.2, 0.25) is 5.95 Å². The summed E-state index contributed by atoms with van der Waals surface area (Å²) in [5.74, 6) is 0.325. The lowest BCUT2D eigenvalue weighted by Crippen LogP contribution is -2.13. The number of nitrogens with zero attached hydrogens (tertiary/aromatic N) is 2. The van der Waals surface area contributed by atoms with E-state index in [-0.39, 0.29) is 5.91 Å². The number of benzene rings is 1. The average molecular weight is 363 g/mol. The zero-order chi connectivity index (χ0) is 15.8. The molecule has 0 aliphatic rings. The van der Waals surface area contributed by atoms with Crippen LogP contribution in [0.25, 0.3) is 0 Å². The predicted molar refractivity (Wildman–Crippen MR) is 92.1 cm³/mol. The van der Waals surface area contributed by atoms with Gasteiger partial charge in [0.15, 0.2) is 0 Å². The fourth-order valence-corrected chi connectivity index (χ4v) is 2.28. The Morgan fingerprint density at radius 1 is 1.23 bits per heavy atom. The van der Waals surface area contributed by atoms with Crippen LogP contribution in [0.15, 0.2) is 41.1 Å². The van der Waals surface area contributed by atoms with Crippen LogP contribution >= 0.6 is 15.9 Å². The maximum atomic E-state index is 12.1. The SMILES string of the molecule is CCCCCNc1ncc(C(=O)Nc2cccc(Br)c2)cn1. The van der Waals surface area contributed by atoms with Crippen molar-refractivity contribution in [1.82, 2.24) is 9.97 Å². The topological polar surface area (TPSA) is 66.9 Å². The summed E-state index contributed by atoms with van der Waals surface area (Å²) in [6, 6.07) is 7.42. The van der Waals surface area contributed by atoms with E-state index in [1.807, 2.05) is 24.3 Å². The van der Waals surface area contributed by atoms with Crippen molar-refractivity contribution in [3.63, 3.8) is 0 Å². The van der Waals surface area contributed by atoms with Gasteiger partial charge in [-0.05, 0) is 24.6 Å². The van der Waals surface area contributed by atoms with Crippen LogP contribution in [-0.2, 0) is 0 Å². The number of hydrogen-bond acceptors (Lipinski definition) is 4. The number of hydrogen-bond donors (Lipinski definition) is 2. The summed E-state index contributed by atoms with van der Waals surface area (Å²) in [7, 11) is 0. The van der Waals surface area contributed by atoms with Gasteiger partial charge in [-0.25, -0.2) is 9.97 Å². The molecule has 0 fully saturated rings. The molecule has 0 saturated carbocycles. The predicted octanol–water partition coefficient (Wildman–Crippen LogP) is 4.09. The molecular formula is C16H19BrN4O. The number of aromatic nitrogens is 2. The number of unbranched alkanes of at least 4 members (excludes halogenated alkanes) is 2. The van der Waals surface area contributed by atoms with Crippen LogP contribution in [-0.4, -0.2) is 22.4 Å². The smallest absolute Gasteiger partial charge is 0.258 e. The molecule has 0 bridgehead atoms. The molecule has 2 aromatic rings. The summed E-state index contributed by atoms with van der Waals surface area (Å²) < 4.78 is 0.910. The van der Waals surface area contributed by atoms with Gasteiger partial charge >= 0.3 is 0 Å². The second-order valence-corrected chi connectivity index (χ2v) is 5.81. The highest BCUT2D eigenvalue weighted by molar-refractivity contribution is 9.10. The first-order chi connectivity index (χ1) is 10.7. The van der Waals surface area contributed by atoms with Crippen LogP contribution < -0.4 is 10.6 Å². The Bertz CT molecular complexity index is 616. The minimum Gasteiger partial charge on any atom is -0.354 e. The lowest BCUT2D eigenvalue weighted by molar-refractivity contribution is 0.102. The van der Waals surface area contributed by atoms with E-state index in [9.17, 15) is 4.79 Å². The van der Waals surface area contributed by atoms with E-state index in [4.69, 9.17) is 0 Å². The molecule has 0 atom stereocenters. The van der Waals surface area contributed by atoms with Gasteiger partial charge in [0, 0.05) is 29.1 Å². The summed E-state index contributed by atoms with van der Waals surface area (Å²) in [5, 5.41) is 5.95. The first kappa shape index (κ1) is 16.4. The largest absolute Gasteiger partial charge is 0.354 e. The number of carbonyl (C=O) groups excluding carboxylic acids is 1. The molecular weight excluding hydrogens is 344 g/mol. The Hall–Kier alpha value is -1.95. The normalized spacial score (nSPS) is 10.3. The Balaban J connectivity index is 1.90. The molecule has 116 valence electrons. The van der Waals surface area contributed by atoms with Crippen LogP contribution in [0.1, 0.15) is 36.5 Å². The van der Waals surface area contributed by atoms with E-state index in [1.165, 1.54) is 25.2 Å². The number of carbonyl (C=O) groups is 1. The van der Waals surface area contributed by atoms with Gasteiger partial charge in [0.1, 0.15) is 0 Å². The molecule has 5 nitrogen and oxygen atoms in total. The van der Waals surface area contributed by atoms with Crippen LogP contribution in [0.2, 0.25) is 0 Å². The number of halogens is 1. The van der Waals surface area contributed by atoms with E-state index >= 15 is 0 Å². The molecule has 0 spiro atoms. The first-order valence-electron chi connectivity index (χ1n) is 7.32. The number of amides is 1. The van der Waals surface area contributed by atoms with Crippen LogP contribution in [0.4, 0.5) is 11.6 Å². The first-order valence-corrected chi connectivity index (χ1v) is 8.11. The second kappa shape index (κ2) is 8.48. The van der Waals surface area contributed by atoms with Crippen LogP contribution in [0, 0.1) is 0 Å². The third-order valence-electron chi connectivity index (χ3n) is 3.06. The van der Waals surface area contributed by atoms with E-state index < -0.39 is 0 Å². The summed E-state index contributed by atoms with van der Waals surface area (Å²) in [4.78, 5) is 20.4.